The topological polar surface area (TPSA) is 109 Å². The van der Waals surface area contributed by atoms with Crippen LogP contribution in [0, 0.1) is 0 Å². The molecule has 2 amide bonds. The van der Waals surface area contributed by atoms with E-state index in [0.29, 0.717) is 25.9 Å². The second-order valence-electron chi connectivity index (χ2n) is 6.42. The van der Waals surface area contributed by atoms with Gasteiger partial charge in [-0.05, 0) is 24.1 Å². The normalized spacial score (nSPS) is 12.5. The summed E-state index contributed by atoms with van der Waals surface area (Å²) in [5, 5.41) is 5.45. The van der Waals surface area contributed by atoms with Crippen molar-refractivity contribution in [2.45, 2.75) is 18.9 Å². The van der Waals surface area contributed by atoms with E-state index < -0.39 is 22.0 Å². The van der Waals surface area contributed by atoms with Crippen molar-refractivity contribution in [1.82, 2.24) is 14.9 Å². The van der Waals surface area contributed by atoms with Gasteiger partial charge in [-0.1, -0.05) is 30.3 Å². The fraction of sp³-hybridized carbons (Fsp3) is 0.368. The largest absolute Gasteiger partial charge is 0.459 e. The first kappa shape index (κ1) is 21.6. The highest BCUT2D eigenvalue weighted by Gasteiger charge is 2.23. The summed E-state index contributed by atoms with van der Waals surface area (Å²) in [6, 6.07) is 11.7. The van der Waals surface area contributed by atoms with Crippen molar-refractivity contribution < 1.29 is 22.4 Å². The Morgan fingerprint density at radius 1 is 1.14 bits per heavy atom. The molecular formula is C19H25N3O5S. The monoisotopic (exact) mass is 407 g/mol. The number of sulfonamides is 1. The Labute approximate surface area is 165 Å². The molecule has 2 rings (SSSR count). The predicted octanol–water partition coefficient (Wildman–Crippen LogP) is 1.02. The minimum Gasteiger partial charge on any atom is -0.459 e. The second-order valence-corrected chi connectivity index (χ2v) is 8.51. The van der Waals surface area contributed by atoms with Crippen LogP contribution >= 0.6 is 0 Å². The minimum atomic E-state index is -3.25. The summed E-state index contributed by atoms with van der Waals surface area (Å²) >= 11 is 0. The average Bonchev–Trinajstić information content (AvgIpc) is 3.19. The van der Waals surface area contributed by atoms with Crippen LogP contribution in [0.2, 0.25) is 0 Å². The van der Waals surface area contributed by atoms with Crippen molar-refractivity contribution >= 4 is 21.8 Å². The number of nitrogens with one attached hydrogen (secondary N) is 2. The smallest absolute Gasteiger partial charge is 0.287 e. The van der Waals surface area contributed by atoms with E-state index in [4.69, 9.17) is 4.42 Å². The molecule has 28 heavy (non-hydrogen) atoms. The molecule has 0 fully saturated rings. The van der Waals surface area contributed by atoms with E-state index in [1.165, 1.54) is 23.7 Å². The van der Waals surface area contributed by atoms with E-state index in [-0.39, 0.29) is 11.7 Å². The number of hydrogen-bond donors (Lipinski definition) is 2. The zero-order chi connectivity index (χ0) is 20.6. The molecule has 1 unspecified atom stereocenters. The lowest BCUT2D eigenvalue weighted by Gasteiger charge is -2.19. The van der Waals surface area contributed by atoms with E-state index in [1.54, 1.807) is 6.07 Å². The number of rotatable bonds is 10. The summed E-state index contributed by atoms with van der Waals surface area (Å²) in [6.07, 6.45) is 3.30. The minimum absolute atomic E-state index is 0.126. The van der Waals surface area contributed by atoms with Gasteiger partial charge in [0.05, 0.1) is 12.5 Å². The Hall–Kier alpha value is -2.65. The van der Waals surface area contributed by atoms with Gasteiger partial charge in [-0.15, -0.1) is 0 Å². The van der Waals surface area contributed by atoms with Crippen molar-refractivity contribution in [2.24, 2.45) is 0 Å². The maximum Gasteiger partial charge on any atom is 0.287 e. The molecule has 1 aromatic carbocycles. The molecule has 0 spiro atoms. The van der Waals surface area contributed by atoms with Crippen LogP contribution in [-0.2, 0) is 21.2 Å². The van der Waals surface area contributed by atoms with Crippen LogP contribution < -0.4 is 10.6 Å². The van der Waals surface area contributed by atoms with Crippen molar-refractivity contribution in [3.63, 3.8) is 0 Å². The van der Waals surface area contributed by atoms with Crippen LogP contribution in [0.3, 0.4) is 0 Å². The third-order valence-electron chi connectivity index (χ3n) is 4.16. The SMILES string of the molecule is CN(CCCNC(=O)C(Cc1ccccc1)NC(=O)c1ccco1)S(C)(=O)=O. The second kappa shape index (κ2) is 10.0. The number of amides is 2. The predicted molar refractivity (Wildman–Crippen MR) is 105 cm³/mol. The molecule has 2 N–H and O–H groups in total. The van der Waals surface area contributed by atoms with Gasteiger partial charge in [-0.3, -0.25) is 9.59 Å². The van der Waals surface area contributed by atoms with E-state index >= 15 is 0 Å². The molecule has 0 aliphatic heterocycles. The Morgan fingerprint density at radius 2 is 1.86 bits per heavy atom. The third-order valence-corrected chi connectivity index (χ3v) is 5.48. The fourth-order valence-corrected chi connectivity index (χ4v) is 2.96. The molecule has 9 heteroatoms. The van der Waals surface area contributed by atoms with Crippen LogP contribution in [0.25, 0.3) is 0 Å². The first-order chi connectivity index (χ1) is 13.3. The van der Waals surface area contributed by atoms with Crippen LogP contribution in [-0.4, -0.2) is 57.0 Å². The lowest BCUT2D eigenvalue weighted by Crippen LogP contribution is -2.48. The van der Waals surface area contributed by atoms with Crippen LogP contribution in [0.1, 0.15) is 22.5 Å². The zero-order valence-corrected chi connectivity index (χ0v) is 16.7. The quantitative estimate of drug-likeness (QED) is 0.572. The molecule has 1 aromatic heterocycles. The van der Waals surface area contributed by atoms with Crippen molar-refractivity contribution in [1.29, 1.82) is 0 Å². The number of nitrogens with zero attached hydrogens (tertiary/aromatic N) is 1. The van der Waals surface area contributed by atoms with Gasteiger partial charge in [0.15, 0.2) is 5.76 Å². The van der Waals surface area contributed by atoms with E-state index in [1.807, 2.05) is 30.3 Å². The van der Waals surface area contributed by atoms with Gasteiger partial charge in [-0.2, -0.15) is 0 Å². The molecule has 152 valence electrons. The molecular weight excluding hydrogens is 382 g/mol. The summed E-state index contributed by atoms with van der Waals surface area (Å²) in [7, 11) is -1.76. The lowest BCUT2D eigenvalue weighted by molar-refractivity contribution is -0.122. The summed E-state index contributed by atoms with van der Waals surface area (Å²) in [6.45, 7) is 0.585. The molecule has 2 aromatic rings. The molecule has 0 aliphatic carbocycles. The van der Waals surface area contributed by atoms with Crippen LogP contribution in [0.5, 0.6) is 0 Å². The number of benzene rings is 1. The number of carbonyl (C=O) groups excluding carboxylic acids is 2. The molecule has 0 saturated carbocycles. The maximum atomic E-state index is 12.6. The van der Waals surface area contributed by atoms with Gasteiger partial charge in [0.2, 0.25) is 15.9 Å². The maximum absolute atomic E-state index is 12.6. The highest BCUT2D eigenvalue weighted by Crippen LogP contribution is 2.06. The Kier molecular flexibility index (Phi) is 7.77. The van der Waals surface area contributed by atoms with Crippen LogP contribution in [0.4, 0.5) is 0 Å². The van der Waals surface area contributed by atoms with Gasteiger partial charge < -0.3 is 15.1 Å². The van der Waals surface area contributed by atoms with Gasteiger partial charge in [-0.25, -0.2) is 12.7 Å². The third kappa shape index (κ3) is 6.82. The van der Waals surface area contributed by atoms with Crippen molar-refractivity contribution in [3.8, 4) is 0 Å². The van der Waals surface area contributed by atoms with Crippen molar-refractivity contribution in [3.05, 3.63) is 60.1 Å². The Balaban J connectivity index is 1.95. The first-order valence-electron chi connectivity index (χ1n) is 8.84. The summed E-state index contributed by atoms with van der Waals surface area (Å²) in [5.41, 5.74) is 0.902. The van der Waals surface area contributed by atoms with Gasteiger partial charge in [0, 0.05) is 26.6 Å². The fourth-order valence-electron chi connectivity index (χ4n) is 2.50. The summed E-state index contributed by atoms with van der Waals surface area (Å²) in [4.78, 5) is 24.9. The summed E-state index contributed by atoms with van der Waals surface area (Å²) in [5.74, 6) is -0.690. The molecule has 8 nitrogen and oxygen atoms in total. The highest BCUT2D eigenvalue weighted by atomic mass is 32.2. The van der Waals surface area contributed by atoms with E-state index in [2.05, 4.69) is 10.6 Å². The Morgan fingerprint density at radius 3 is 2.46 bits per heavy atom. The van der Waals surface area contributed by atoms with E-state index in [0.717, 1.165) is 11.8 Å². The van der Waals surface area contributed by atoms with E-state index in [9.17, 15) is 18.0 Å². The first-order valence-corrected chi connectivity index (χ1v) is 10.7. The van der Waals surface area contributed by atoms with Gasteiger partial charge in [0.25, 0.3) is 5.91 Å². The molecule has 1 atom stereocenters. The van der Waals surface area contributed by atoms with Gasteiger partial charge in [0.1, 0.15) is 6.04 Å². The van der Waals surface area contributed by atoms with Gasteiger partial charge >= 0.3 is 0 Å². The number of furan rings is 1. The molecule has 0 saturated heterocycles. The van der Waals surface area contributed by atoms with Crippen LogP contribution in [0.15, 0.2) is 53.1 Å². The van der Waals surface area contributed by atoms with Crippen molar-refractivity contribution in [2.75, 3.05) is 26.4 Å². The Bertz CT molecular complexity index is 866. The molecule has 1 heterocycles. The number of carbonyl (C=O) groups is 2. The standard InChI is InChI=1S/C19H25N3O5S/c1-22(28(2,25)26)12-7-11-20-18(23)16(14-15-8-4-3-5-9-15)21-19(24)17-10-6-13-27-17/h3-6,8-10,13,16H,7,11-12,14H2,1-2H3,(H,20,23)(H,21,24). The molecule has 0 aliphatic rings. The summed E-state index contributed by atoms with van der Waals surface area (Å²) < 4.78 is 29.1. The number of hydrogen-bond acceptors (Lipinski definition) is 5. The lowest BCUT2D eigenvalue weighted by atomic mass is 10.0. The zero-order valence-electron chi connectivity index (χ0n) is 15.9. The molecule has 0 radical (unpaired) electrons. The highest BCUT2D eigenvalue weighted by molar-refractivity contribution is 7.88. The molecule has 0 bridgehead atoms. The average molecular weight is 407 g/mol.